The summed E-state index contributed by atoms with van der Waals surface area (Å²) in [6.07, 6.45) is 4.54. The summed E-state index contributed by atoms with van der Waals surface area (Å²) in [4.78, 5) is 17.3. The van der Waals surface area contributed by atoms with Crippen LogP contribution in [0.4, 0.5) is 0 Å². The van der Waals surface area contributed by atoms with Crippen LogP contribution >= 0.6 is 0 Å². The van der Waals surface area contributed by atoms with Crippen LogP contribution in [0.15, 0.2) is 12.5 Å². The zero-order valence-electron chi connectivity index (χ0n) is 10.2. The third-order valence-electron chi connectivity index (χ3n) is 2.31. The first-order valence-electron chi connectivity index (χ1n) is 5.55. The van der Waals surface area contributed by atoms with Crippen molar-refractivity contribution in [1.82, 2.24) is 19.8 Å². The van der Waals surface area contributed by atoms with Gasteiger partial charge >= 0.3 is 0 Å². The fraction of sp³-hybridized carbons (Fsp3) is 0.636. The predicted octanol–water partition coefficient (Wildman–Crippen LogP) is 0.123. The zero-order chi connectivity index (χ0) is 12.0. The van der Waals surface area contributed by atoms with E-state index in [1.165, 1.54) is 0 Å². The van der Waals surface area contributed by atoms with Crippen LogP contribution in [0.25, 0.3) is 0 Å². The van der Waals surface area contributed by atoms with Crippen molar-refractivity contribution in [3.63, 3.8) is 0 Å². The summed E-state index contributed by atoms with van der Waals surface area (Å²) < 4.78 is 1.82. The molecule has 0 unspecified atom stereocenters. The Morgan fingerprint density at radius 2 is 2.31 bits per heavy atom. The highest BCUT2D eigenvalue weighted by atomic mass is 16.2. The van der Waals surface area contributed by atoms with Crippen LogP contribution in [-0.2, 0) is 17.8 Å². The summed E-state index contributed by atoms with van der Waals surface area (Å²) in [5.41, 5.74) is 1.02. The normalized spacial score (nSPS) is 10.4. The second kappa shape index (κ2) is 6.27. The van der Waals surface area contributed by atoms with E-state index in [0.29, 0.717) is 6.54 Å². The maximum absolute atomic E-state index is 11.4. The largest absolute Gasteiger partial charge is 0.347 e. The van der Waals surface area contributed by atoms with Crippen LogP contribution in [0.2, 0.25) is 0 Å². The minimum absolute atomic E-state index is 0.0793. The van der Waals surface area contributed by atoms with E-state index in [1.807, 2.05) is 10.8 Å². The summed E-state index contributed by atoms with van der Waals surface area (Å²) in [6.45, 7) is 4.34. The minimum Gasteiger partial charge on any atom is -0.347 e. The average molecular weight is 224 g/mol. The van der Waals surface area contributed by atoms with Gasteiger partial charge in [-0.3, -0.25) is 4.79 Å². The van der Waals surface area contributed by atoms with Gasteiger partial charge in [0.1, 0.15) is 6.54 Å². The van der Waals surface area contributed by atoms with Crippen LogP contribution in [-0.4, -0.2) is 47.5 Å². The van der Waals surface area contributed by atoms with Gasteiger partial charge in [-0.1, -0.05) is 6.92 Å². The average Bonchev–Trinajstić information content (AvgIpc) is 2.66. The number of hydrogen-bond acceptors (Lipinski definition) is 3. The van der Waals surface area contributed by atoms with Gasteiger partial charge in [0, 0.05) is 33.3 Å². The molecule has 5 heteroatoms. The molecule has 1 aromatic rings. The summed E-state index contributed by atoms with van der Waals surface area (Å²) in [7, 11) is 3.51. The first kappa shape index (κ1) is 12.7. The summed E-state index contributed by atoms with van der Waals surface area (Å²) in [5.74, 6) is 0.0793. The van der Waals surface area contributed by atoms with E-state index in [4.69, 9.17) is 0 Å². The molecule has 0 aromatic carbocycles. The zero-order valence-corrected chi connectivity index (χ0v) is 10.2. The van der Waals surface area contributed by atoms with Crippen LogP contribution in [0.3, 0.4) is 0 Å². The third kappa shape index (κ3) is 4.02. The molecule has 1 amide bonds. The summed E-state index contributed by atoms with van der Waals surface area (Å²) >= 11 is 0. The molecule has 1 rings (SSSR count). The lowest BCUT2D eigenvalue weighted by Crippen LogP contribution is -2.25. The molecular formula is C11H20N4O. The van der Waals surface area contributed by atoms with Crippen LogP contribution in [0.1, 0.15) is 12.6 Å². The molecule has 0 spiro atoms. The number of nitrogens with one attached hydrogen (secondary N) is 1. The van der Waals surface area contributed by atoms with Crippen molar-refractivity contribution in [2.45, 2.75) is 19.9 Å². The molecule has 0 radical (unpaired) electrons. The van der Waals surface area contributed by atoms with Crippen LogP contribution in [0, 0.1) is 0 Å². The minimum atomic E-state index is 0.0793. The number of imidazole rings is 1. The second-order valence-electron chi connectivity index (χ2n) is 3.93. The van der Waals surface area contributed by atoms with Crippen LogP contribution in [0.5, 0.6) is 0 Å². The Morgan fingerprint density at radius 1 is 1.56 bits per heavy atom. The summed E-state index contributed by atoms with van der Waals surface area (Å²) in [6, 6.07) is 0. The number of nitrogens with zero attached hydrogens (tertiary/aromatic N) is 3. The number of amides is 1. The SMILES string of the molecule is CCNCCc1cn(CC(=O)N(C)C)cn1. The van der Waals surface area contributed by atoms with Gasteiger partial charge in [0.05, 0.1) is 12.0 Å². The van der Waals surface area contributed by atoms with Gasteiger partial charge in [0.25, 0.3) is 0 Å². The van der Waals surface area contributed by atoms with Crippen molar-refractivity contribution in [3.05, 3.63) is 18.2 Å². The lowest BCUT2D eigenvalue weighted by molar-refractivity contribution is -0.129. The van der Waals surface area contributed by atoms with Gasteiger partial charge in [-0.05, 0) is 6.54 Å². The maximum atomic E-state index is 11.4. The van der Waals surface area contributed by atoms with E-state index in [-0.39, 0.29) is 5.91 Å². The predicted molar refractivity (Wildman–Crippen MR) is 63.2 cm³/mol. The number of carbonyl (C=O) groups is 1. The first-order chi connectivity index (χ1) is 7.63. The molecule has 1 N–H and O–H groups in total. The Balaban J connectivity index is 2.42. The maximum Gasteiger partial charge on any atom is 0.242 e. The lowest BCUT2D eigenvalue weighted by atomic mass is 10.3. The second-order valence-corrected chi connectivity index (χ2v) is 3.93. The first-order valence-corrected chi connectivity index (χ1v) is 5.55. The summed E-state index contributed by atoms with van der Waals surface area (Å²) in [5, 5.41) is 3.24. The number of carbonyl (C=O) groups excluding carboxylic acids is 1. The molecule has 0 saturated carbocycles. The quantitative estimate of drug-likeness (QED) is 0.698. The lowest BCUT2D eigenvalue weighted by Gasteiger charge is -2.09. The Morgan fingerprint density at radius 3 is 2.94 bits per heavy atom. The van der Waals surface area contributed by atoms with E-state index in [2.05, 4.69) is 17.2 Å². The molecule has 5 nitrogen and oxygen atoms in total. The molecule has 1 heterocycles. The third-order valence-corrected chi connectivity index (χ3v) is 2.31. The Bertz CT molecular complexity index is 332. The van der Waals surface area contributed by atoms with E-state index in [0.717, 1.165) is 25.2 Å². The van der Waals surface area contributed by atoms with Crippen molar-refractivity contribution in [1.29, 1.82) is 0 Å². The van der Waals surface area contributed by atoms with Gasteiger partial charge in [0.15, 0.2) is 0 Å². The molecule has 16 heavy (non-hydrogen) atoms. The van der Waals surface area contributed by atoms with Gasteiger partial charge in [-0.15, -0.1) is 0 Å². The van der Waals surface area contributed by atoms with Crippen molar-refractivity contribution in [2.75, 3.05) is 27.2 Å². The Kier molecular flexibility index (Phi) is 4.98. The molecule has 0 aliphatic rings. The van der Waals surface area contributed by atoms with E-state index < -0.39 is 0 Å². The number of hydrogen-bond donors (Lipinski definition) is 1. The number of likely N-dealkylation sites (N-methyl/N-ethyl adjacent to an activating group) is 2. The Labute approximate surface area is 96.5 Å². The molecular weight excluding hydrogens is 204 g/mol. The molecule has 1 aromatic heterocycles. The molecule has 0 aliphatic carbocycles. The van der Waals surface area contributed by atoms with E-state index in [9.17, 15) is 4.79 Å². The molecule has 0 fully saturated rings. The van der Waals surface area contributed by atoms with Crippen molar-refractivity contribution >= 4 is 5.91 Å². The van der Waals surface area contributed by atoms with Crippen molar-refractivity contribution in [3.8, 4) is 0 Å². The number of rotatable bonds is 6. The monoisotopic (exact) mass is 224 g/mol. The van der Waals surface area contributed by atoms with E-state index >= 15 is 0 Å². The van der Waals surface area contributed by atoms with E-state index in [1.54, 1.807) is 25.3 Å². The molecule has 0 saturated heterocycles. The van der Waals surface area contributed by atoms with Crippen molar-refractivity contribution < 1.29 is 4.79 Å². The van der Waals surface area contributed by atoms with Crippen molar-refractivity contribution in [2.24, 2.45) is 0 Å². The van der Waals surface area contributed by atoms with Gasteiger partial charge in [-0.25, -0.2) is 4.98 Å². The Hall–Kier alpha value is -1.36. The van der Waals surface area contributed by atoms with Gasteiger partial charge in [0.2, 0.25) is 5.91 Å². The van der Waals surface area contributed by atoms with Gasteiger partial charge in [-0.2, -0.15) is 0 Å². The highest BCUT2D eigenvalue weighted by Gasteiger charge is 2.05. The fourth-order valence-electron chi connectivity index (χ4n) is 1.31. The smallest absolute Gasteiger partial charge is 0.242 e. The highest BCUT2D eigenvalue weighted by molar-refractivity contribution is 5.75. The van der Waals surface area contributed by atoms with Gasteiger partial charge < -0.3 is 14.8 Å². The molecule has 0 atom stereocenters. The molecule has 0 bridgehead atoms. The fourth-order valence-corrected chi connectivity index (χ4v) is 1.31. The molecule has 90 valence electrons. The number of aromatic nitrogens is 2. The van der Waals surface area contributed by atoms with Crippen LogP contribution < -0.4 is 5.32 Å². The molecule has 0 aliphatic heterocycles. The highest BCUT2D eigenvalue weighted by Crippen LogP contribution is 1.97. The standard InChI is InChI=1S/C11H20N4O/c1-4-12-6-5-10-7-15(9-13-10)8-11(16)14(2)3/h7,9,12H,4-6,8H2,1-3H3. The topological polar surface area (TPSA) is 50.2 Å².